The number of carboxylic acid groups (broad SMARTS) is 1. The van der Waals surface area contributed by atoms with Crippen LogP contribution in [0.1, 0.15) is 11.9 Å². The zero-order chi connectivity index (χ0) is 12.8. The fourth-order valence-electron chi connectivity index (χ4n) is 1.13. The third kappa shape index (κ3) is 5.05. The Balaban J connectivity index is 2.52. The van der Waals surface area contributed by atoms with Gasteiger partial charge in [-0.1, -0.05) is 0 Å². The molecule has 0 saturated carbocycles. The van der Waals surface area contributed by atoms with Crippen molar-refractivity contribution in [2.75, 3.05) is 5.75 Å². The van der Waals surface area contributed by atoms with Crippen molar-refractivity contribution in [3.05, 3.63) is 16.6 Å². The number of nitrogens with zero attached hydrogens (tertiary/aromatic N) is 1. The Kier molecular flexibility index (Phi) is 5.23. The van der Waals surface area contributed by atoms with Crippen LogP contribution in [0.15, 0.2) is 11.6 Å². The summed E-state index contributed by atoms with van der Waals surface area (Å²) in [6.45, 7) is 1.22. The maximum absolute atomic E-state index is 11.7. The second-order valence-electron chi connectivity index (χ2n) is 3.27. The maximum atomic E-state index is 11.7. The molecule has 1 aromatic heterocycles. The van der Waals surface area contributed by atoms with Gasteiger partial charge in [-0.3, -0.25) is 9.00 Å². The fraction of sp³-hybridized carbons (Fsp3) is 0.444. The van der Waals surface area contributed by atoms with Gasteiger partial charge in [-0.25, -0.2) is 9.78 Å². The first-order valence-electron chi connectivity index (χ1n) is 4.72. The minimum absolute atomic E-state index is 0.117. The number of carbonyl (C=O) groups excluding carboxylic acids is 1. The quantitative estimate of drug-likeness (QED) is 0.761. The molecule has 2 atom stereocenters. The van der Waals surface area contributed by atoms with Crippen molar-refractivity contribution in [2.24, 2.45) is 0 Å². The standard InChI is InChI=1S/C9H12N2O4S2/c1-6(12)11-7(9(13)14)4-17(15)5-8-10-2-3-16-8/h2-3,7H,4-5H2,1H3,(H,11,12)(H,13,14). The lowest BCUT2D eigenvalue weighted by molar-refractivity contribution is -0.140. The normalized spacial score (nSPS) is 13.9. The molecule has 1 rings (SSSR count). The second-order valence-corrected chi connectivity index (χ2v) is 5.75. The van der Waals surface area contributed by atoms with Gasteiger partial charge in [0.25, 0.3) is 0 Å². The number of carboxylic acids is 1. The summed E-state index contributed by atoms with van der Waals surface area (Å²) in [6.07, 6.45) is 1.60. The average Bonchev–Trinajstić information content (AvgIpc) is 2.68. The van der Waals surface area contributed by atoms with Gasteiger partial charge in [0.1, 0.15) is 11.0 Å². The molecule has 0 bridgehead atoms. The van der Waals surface area contributed by atoms with Gasteiger partial charge in [0.2, 0.25) is 5.91 Å². The molecule has 0 aliphatic carbocycles. The van der Waals surface area contributed by atoms with E-state index in [1.165, 1.54) is 18.3 Å². The molecule has 0 aliphatic heterocycles. The first-order valence-corrected chi connectivity index (χ1v) is 7.09. The summed E-state index contributed by atoms with van der Waals surface area (Å²) in [5.74, 6) is -1.55. The van der Waals surface area contributed by atoms with Gasteiger partial charge in [0, 0.05) is 29.3 Å². The lowest BCUT2D eigenvalue weighted by atomic mass is 10.3. The highest BCUT2D eigenvalue weighted by atomic mass is 32.2. The van der Waals surface area contributed by atoms with E-state index in [0.29, 0.717) is 5.01 Å². The van der Waals surface area contributed by atoms with Crippen LogP contribution in [0.25, 0.3) is 0 Å². The highest BCUT2D eigenvalue weighted by Gasteiger charge is 2.21. The van der Waals surface area contributed by atoms with Crippen molar-refractivity contribution in [1.82, 2.24) is 10.3 Å². The lowest BCUT2D eigenvalue weighted by Crippen LogP contribution is -2.43. The third-order valence-electron chi connectivity index (χ3n) is 1.80. The smallest absolute Gasteiger partial charge is 0.327 e. The SMILES string of the molecule is CC(=O)NC(CS(=O)Cc1nccs1)C(=O)O. The molecule has 94 valence electrons. The van der Waals surface area contributed by atoms with Crippen molar-refractivity contribution in [1.29, 1.82) is 0 Å². The molecule has 6 nitrogen and oxygen atoms in total. The van der Waals surface area contributed by atoms with Gasteiger partial charge < -0.3 is 10.4 Å². The van der Waals surface area contributed by atoms with Crippen molar-refractivity contribution in [3.63, 3.8) is 0 Å². The lowest BCUT2D eigenvalue weighted by Gasteiger charge is -2.12. The van der Waals surface area contributed by atoms with E-state index in [9.17, 15) is 13.8 Å². The monoisotopic (exact) mass is 276 g/mol. The number of amides is 1. The summed E-state index contributed by atoms with van der Waals surface area (Å²) in [7, 11) is -1.36. The molecule has 0 radical (unpaired) electrons. The summed E-state index contributed by atoms with van der Waals surface area (Å²) < 4.78 is 11.7. The molecule has 1 amide bonds. The largest absolute Gasteiger partial charge is 0.480 e. The topological polar surface area (TPSA) is 96.4 Å². The van der Waals surface area contributed by atoms with E-state index in [0.717, 1.165) is 0 Å². The molecule has 1 aromatic rings. The molecule has 2 unspecified atom stereocenters. The third-order valence-corrected chi connectivity index (χ3v) is 4.06. The van der Waals surface area contributed by atoms with Gasteiger partial charge >= 0.3 is 5.97 Å². The van der Waals surface area contributed by atoms with Gasteiger partial charge in [0.15, 0.2) is 0 Å². The first-order chi connectivity index (χ1) is 7.99. The van der Waals surface area contributed by atoms with Crippen LogP contribution < -0.4 is 5.32 Å². The Bertz CT molecular complexity index is 419. The Morgan fingerprint density at radius 3 is 2.82 bits per heavy atom. The molecule has 0 spiro atoms. The van der Waals surface area contributed by atoms with E-state index in [4.69, 9.17) is 5.11 Å². The van der Waals surface area contributed by atoms with Gasteiger partial charge in [-0.15, -0.1) is 11.3 Å². The molecule has 0 aromatic carbocycles. The predicted molar refractivity (Wildman–Crippen MR) is 64.1 cm³/mol. The van der Waals surface area contributed by atoms with Crippen LogP contribution in [0.5, 0.6) is 0 Å². The van der Waals surface area contributed by atoms with Crippen LogP contribution in [-0.4, -0.2) is 38.0 Å². The van der Waals surface area contributed by atoms with Gasteiger partial charge in [-0.2, -0.15) is 0 Å². The fourth-order valence-corrected chi connectivity index (χ4v) is 3.26. The number of hydrogen-bond acceptors (Lipinski definition) is 5. The molecule has 8 heteroatoms. The van der Waals surface area contributed by atoms with Gasteiger partial charge in [-0.05, 0) is 0 Å². The van der Waals surface area contributed by atoms with E-state index >= 15 is 0 Å². The predicted octanol–water partition coefficient (Wildman–Crippen LogP) is -0.0189. The van der Waals surface area contributed by atoms with Crippen LogP contribution in [0.3, 0.4) is 0 Å². The number of aromatic nitrogens is 1. The number of rotatable bonds is 6. The number of hydrogen-bond donors (Lipinski definition) is 2. The summed E-state index contributed by atoms with van der Waals surface area (Å²) in [4.78, 5) is 25.5. The van der Waals surface area contributed by atoms with Crippen LogP contribution in [0.4, 0.5) is 0 Å². The van der Waals surface area contributed by atoms with Gasteiger partial charge in [0.05, 0.1) is 11.5 Å². The maximum Gasteiger partial charge on any atom is 0.327 e. The summed E-state index contributed by atoms with van der Waals surface area (Å²) in [6, 6.07) is -1.12. The van der Waals surface area contributed by atoms with Crippen molar-refractivity contribution in [2.45, 2.75) is 18.7 Å². The number of aliphatic carboxylic acids is 1. The van der Waals surface area contributed by atoms with Crippen LogP contribution >= 0.6 is 11.3 Å². The molecule has 17 heavy (non-hydrogen) atoms. The molecule has 1 heterocycles. The number of carbonyl (C=O) groups is 2. The zero-order valence-corrected chi connectivity index (χ0v) is 10.7. The summed E-state index contributed by atoms with van der Waals surface area (Å²) in [5, 5.41) is 13.5. The molecular weight excluding hydrogens is 264 g/mol. The Labute approximate surface area is 105 Å². The molecular formula is C9H12N2O4S2. The molecule has 0 saturated heterocycles. The summed E-state index contributed by atoms with van der Waals surface area (Å²) in [5.41, 5.74) is 0. The van der Waals surface area contributed by atoms with E-state index in [1.54, 1.807) is 11.6 Å². The first kappa shape index (κ1) is 13.8. The zero-order valence-electron chi connectivity index (χ0n) is 9.08. The minimum Gasteiger partial charge on any atom is -0.480 e. The number of nitrogens with one attached hydrogen (secondary N) is 1. The van der Waals surface area contributed by atoms with E-state index < -0.39 is 28.7 Å². The van der Waals surface area contributed by atoms with E-state index in [1.807, 2.05) is 0 Å². The molecule has 0 fully saturated rings. The molecule has 2 N–H and O–H groups in total. The second kappa shape index (κ2) is 6.45. The van der Waals surface area contributed by atoms with Crippen molar-refractivity contribution < 1.29 is 18.9 Å². The van der Waals surface area contributed by atoms with E-state index in [2.05, 4.69) is 10.3 Å². The highest BCUT2D eigenvalue weighted by Crippen LogP contribution is 2.07. The van der Waals surface area contributed by atoms with Crippen LogP contribution in [-0.2, 0) is 26.1 Å². The number of thiazole rings is 1. The van der Waals surface area contributed by atoms with Crippen molar-refractivity contribution >= 4 is 34.0 Å². The van der Waals surface area contributed by atoms with E-state index in [-0.39, 0.29) is 11.5 Å². The summed E-state index contributed by atoms with van der Waals surface area (Å²) >= 11 is 1.36. The Morgan fingerprint density at radius 2 is 2.35 bits per heavy atom. The van der Waals surface area contributed by atoms with Crippen molar-refractivity contribution in [3.8, 4) is 0 Å². The Hall–Kier alpha value is -1.28. The minimum atomic E-state index is -1.36. The average molecular weight is 276 g/mol. The van der Waals surface area contributed by atoms with Crippen LogP contribution in [0, 0.1) is 0 Å². The highest BCUT2D eigenvalue weighted by molar-refractivity contribution is 7.84. The Morgan fingerprint density at radius 1 is 1.65 bits per heavy atom. The molecule has 0 aliphatic rings. The van der Waals surface area contributed by atoms with Crippen LogP contribution in [0.2, 0.25) is 0 Å².